The van der Waals surface area contributed by atoms with Gasteiger partial charge in [0.05, 0.1) is 5.69 Å². The number of fused-ring (bicyclic) bond motifs is 1. The van der Waals surface area contributed by atoms with Crippen LogP contribution in [0.3, 0.4) is 0 Å². The highest BCUT2D eigenvalue weighted by atomic mass is 32.2. The Bertz CT molecular complexity index is 1130. The van der Waals surface area contributed by atoms with Crippen LogP contribution < -0.4 is 10.0 Å². The zero-order valence-electron chi connectivity index (χ0n) is 16.5. The van der Waals surface area contributed by atoms with Gasteiger partial charge in [-0.15, -0.1) is 0 Å². The lowest BCUT2D eigenvalue weighted by Gasteiger charge is -2.20. The van der Waals surface area contributed by atoms with Gasteiger partial charge in [-0.25, -0.2) is 22.5 Å². The molecule has 9 heteroatoms. The molecule has 0 bridgehead atoms. The summed E-state index contributed by atoms with van der Waals surface area (Å²) in [5.74, 6) is 0.212. The number of halogens is 1. The Balaban J connectivity index is 2.15. The first-order valence-electron chi connectivity index (χ1n) is 8.95. The molecule has 0 atom stereocenters. The van der Waals surface area contributed by atoms with Gasteiger partial charge < -0.3 is 5.32 Å². The van der Waals surface area contributed by atoms with Gasteiger partial charge in [0.15, 0.2) is 5.65 Å². The van der Waals surface area contributed by atoms with Crippen LogP contribution in [0.15, 0.2) is 35.4 Å². The van der Waals surface area contributed by atoms with Gasteiger partial charge in [0.1, 0.15) is 16.5 Å². The standard InChI is InChI=1S/C19H24FN5O2S/c1-6-14-17(28(26,27)24-19(3,4)5)18-21-10-9-16(25(18)23-14)22-15-8-7-13(20)11-12(15)2/h7-11,22,24H,6H2,1-5H3. The Labute approximate surface area is 164 Å². The van der Waals surface area contributed by atoms with Gasteiger partial charge >= 0.3 is 0 Å². The molecule has 1 aromatic carbocycles. The summed E-state index contributed by atoms with van der Waals surface area (Å²) in [7, 11) is -3.82. The second-order valence-corrected chi connectivity index (χ2v) is 9.25. The van der Waals surface area contributed by atoms with Crippen LogP contribution in [-0.2, 0) is 16.4 Å². The van der Waals surface area contributed by atoms with E-state index in [1.54, 1.807) is 39.8 Å². The third-order valence-corrected chi connectivity index (χ3v) is 5.88. The monoisotopic (exact) mass is 405 g/mol. The molecule has 0 unspecified atom stereocenters. The molecule has 28 heavy (non-hydrogen) atoms. The lowest BCUT2D eigenvalue weighted by molar-refractivity contribution is 0.491. The second-order valence-electron chi connectivity index (χ2n) is 7.63. The number of rotatable bonds is 5. The number of sulfonamides is 1. The summed E-state index contributed by atoms with van der Waals surface area (Å²) >= 11 is 0. The minimum absolute atomic E-state index is 0.0735. The fourth-order valence-electron chi connectivity index (χ4n) is 2.93. The van der Waals surface area contributed by atoms with E-state index in [9.17, 15) is 12.8 Å². The third kappa shape index (κ3) is 4.00. The topological polar surface area (TPSA) is 88.4 Å². The normalized spacial score (nSPS) is 12.5. The molecule has 0 aliphatic carbocycles. The number of aryl methyl sites for hydroxylation is 2. The molecule has 2 heterocycles. The highest BCUT2D eigenvalue weighted by molar-refractivity contribution is 7.89. The van der Waals surface area contributed by atoms with Crippen molar-refractivity contribution in [2.45, 2.75) is 51.5 Å². The predicted octanol–water partition coefficient (Wildman–Crippen LogP) is 3.56. The average Bonchev–Trinajstić information content (AvgIpc) is 2.95. The molecular formula is C19H24FN5O2S. The van der Waals surface area contributed by atoms with Crippen molar-refractivity contribution in [3.63, 3.8) is 0 Å². The molecule has 150 valence electrons. The Hall–Kier alpha value is -2.52. The highest BCUT2D eigenvalue weighted by Gasteiger charge is 2.30. The smallest absolute Gasteiger partial charge is 0.246 e. The van der Waals surface area contributed by atoms with Crippen LogP contribution in [0, 0.1) is 12.7 Å². The van der Waals surface area contributed by atoms with E-state index in [2.05, 4.69) is 20.1 Å². The van der Waals surface area contributed by atoms with E-state index in [0.717, 1.165) is 5.56 Å². The van der Waals surface area contributed by atoms with Crippen molar-refractivity contribution in [3.8, 4) is 0 Å². The summed E-state index contributed by atoms with van der Waals surface area (Å²) in [6, 6.07) is 6.09. The van der Waals surface area contributed by atoms with Gasteiger partial charge in [0, 0.05) is 17.4 Å². The first-order valence-corrected chi connectivity index (χ1v) is 10.4. The number of anilines is 2. The van der Waals surface area contributed by atoms with E-state index in [1.165, 1.54) is 22.8 Å². The van der Waals surface area contributed by atoms with Crippen molar-refractivity contribution < 1.29 is 12.8 Å². The Morgan fingerprint density at radius 1 is 1.21 bits per heavy atom. The van der Waals surface area contributed by atoms with E-state index in [-0.39, 0.29) is 16.4 Å². The van der Waals surface area contributed by atoms with Crippen LogP contribution in [0.25, 0.3) is 5.65 Å². The Kier molecular flexibility index (Phi) is 5.16. The molecule has 0 spiro atoms. The summed E-state index contributed by atoms with van der Waals surface area (Å²) in [6.07, 6.45) is 1.95. The maximum Gasteiger partial charge on any atom is 0.246 e. The molecule has 0 radical (unpaired) electrons. The molecule has 0 amide bonds. The Morgan fingerprint density at radius 2 is 1.93 bits per heavy atom. The SMILES string of the molecule is CCc1nn2c(Nc3ccc(F)cc3C)ccnc2c1S(=O)(=O)NC(C)(C)C. The molecule has 2 aromatic heterocycles. The quantitative estimate of drug-likeness (QED) is 0.678. The van der Waals surface area contributed by atoms with Crippen molar-refractivity contribution in [1.82, 2.24) is 19.3 Å². The number of aromatic nitrogens is 3. The van der Waals surface area contributed by atoms with E-state index < -0.39 is 15.6 Å². The van der Waals surface area contributed by atoms with Gasteiger partial charge in [-0.3, -0.25) is 0 Å². The van der Waals surface area contributed by atoms with Gasteiger partial charge in [-0.2, -0.15) is 9.61 Å². The molecule has 0 fully saturated rings. The lowest BCUT2D eigenvalue weighted by Crippen LogP contribution is -2.40. The van der Waals surface area contributed by atoms with Crippen LogP contribution in [0.2, 0.25) is 0 Å². The van der Waals surface area contributed by atoms with Crippen molar-refractivity contribution in [2.24, 2.45) is 0 Å². The van der Waals surface area contributed by atoms with Crippen molar-refractivity contribution in [1.29, 1.82) is 0 Å². The lowest BCUT2D eigenvalue weighted by atomic mass is 10.1. The fraction of sp³-hybridized carbons (Fsp3) is 0.368. The summed E-state index contributed by atoms with van der Waals surface area (Å²) < 4.78 is 43.5. The van der Waals surface area contributed by atoms with E-state index >= 15 is 0 Å². The number of hydrogen-bond donors (Lipinski definition) is 2. The largest absolute Gasteiger partial charge is 0.340 e. The zero-order chi connectivity index (χ0) is 20.7. The highest BCUT2D eigenvalue weighted by Crippen LogP contribution is 2.27. The number of benzene rings is 1. The molecule has 3 aromatic rings. The first kappa shape index (κ1) is 20.2. The minimum atomic E-state index is -3.82. The summed E-state index contributed by atoms with van der Waals surface area (Å²) in [5.41, 5.74) is 1.43. The van der Waals surface area contributed by atoms with E-state index in [1.807, 2.05) is 6.92 Å². The van der Waals surface area contributed by atoms with Crippen LogP contribution in [0.4, 0.5) is 15.9 Å². The number of nitrogens with zero attached hydrogens (tertiary/aromatic N) is 3. The van der Waals surface area contributed by atoms with E-state index in [4.69, 9.17) is 0 Å². The summed E-state index contributed by atoms with van der Waals surface area (Å²) in [6.45, 7) is 8.96. The maximum atomic E-state index is 13.4. The molecule has 2 N–H and O–H groups in total. The molecule has 0 aliphatic heterocycles. The van der Waals surface area contributed by atoms with Gasteiger partial charge in [0.25, 0.3) is 0 Å². The molecule has 0 saturated carbocycles. The van der Waals surface area contributed by atoms with Crippen LogP contribution in [0.5, 0.6) is 0 Å². The maximum absolute atomic E-state index is 13.4. The predicted molar refractivity (Wildman–Crippen MR) is 107 cm³/mol. The van der Waals surface area contributed by atoms with E-state index in [0.29, 0.717) is 23.6 Å². The molecule has 3 rings (SSSR count). The molecule has 0 aliphatic rings. The Morgan fingerprint density at radius 3 is 2.54 bits per heavy atom. The number of hydrogen-bond acceptors (Lipinski definition) is 5. The van der Waals surface area contributed by atoms with Crippen LogP contribution in [0.1, 0.15) is 39.0 Å². The first-order chi connectivity index (χ1) is 13.0. The molecule has 7 nitrogen and oxygen atoms in total. The van der Waals surface area contributed by atoms with Gasteiger partial charge in [0.2, 0.25) is 10.0 Å². The van der Waals surface area contributed by atoms with Gasteiger partial charge in [-0.05, 0) is 63.9 Å². The van der Waals surface area contributed by atoms with Gasteiger partial charge in [-0.1, -0.05) is 6.92 Å². The van der Waals surface area contributed by atoms with Crippen molar-refractivity contribution >= 4 is 27.2 Å². The van der Waals surface area contributed by atoms with Crippen molar-refractivity contribution in [3.05, 3.63) is 47.5 Å². The van der Waals surface area contributed by atoms with Crippen LogP contribution >= 0.6 is 0 Å². The number of nitrogens with one attached hydrogen (secondary N) is 2. The third-order valence-electron chi connectivity index (χ3n) is 4.04. The second kappa shape index (κ2) is 7.14. The van der Waals surface area contributed by atoms with Crippen molar-refractivity contribution in [2.75, 3.05) is 5.32 Å². The minimum Gasteiger partial charge on any atom is -0.340 e. The van der Waals surface area contributed by atoms with Crippen LogP contribution in [-0.4, -0.2) is 28.6 Å². The average molecular weight is 405 g/mol. The zero-order valence-corrected chi connectivity index (χ0v) is 17.4. The summed E-state index contributed by atoms with van der Waals surface area (Å²) in [4.78, 5) is 4.34. The molecular weight excluding hydrogens is 381 g/mol. The fourth-order valence-corrected chi connectivity index (χ4v) is 4.71. The molecule has 0 saturated heterocycles. The summed E-state index contributed by atoms with van der Waals surface area (Å²) in [5, 5.41) is 7.65.